The molecule has 0 spiro atoms. The van der Waals surface area contributed by atoms with Crippen LogP contribution in [0.2, 0.25) is 0 Å². The van der Waals surface area contributed by atoms with Gasteiger partial charge in [-0.15, -0.1) is 10.2 Å². The molecule has 1 amide bonds. The van der Waals surface area contributed by atoms with Gasteiger partial charge in [-0.05, 0) is 17.5 Å². The van der Waals surface area contributed by atoms with Crippen LogP contribution in [0.15, 0.2) is 29.4 Å². The van der Waals surface area contributed by atoms with Gasteiger partial charge in [0.2, 0.25) is 11.7 Å². The Morgan fingerprint density at radius 3 is 2.62 bits per heavy atom. The fourth-order valence-electron chi connectivity index (χ4n) is 2.61. The lowest BCUT2D eigenvalue weighted by atomic mass is 10.00. The Hall–Kier alpha value is -2.03. The first-order chi connectivity index (χ1) is 11.4. The molecule has 0 bridgehead atoms. The van der Waals surface area contributed by atoms with Crippen LogP contribution in [-0.2, 0) is 31.0 Å². The van der Waals surface area contributed by atoms with Gasteiger partial charge in [-0.3, -0.25) is 4.79 Å². The number of carbonyl (C=O) groups excluding carboxylic acids is 1. The average molecular weight is 356 g/mol. The molecule has 128 valence electrons. The molecule has 1 aromatic heterocycles. The van der Waals surface area contributed by atoms with Crippen molar-refractivity contribution in [3.63, 3.8) is 0 Å². The quantitative estimate of drug-likeness (QED) is 0.793. The summed E-state index contributed by atoms with van der Waals surface area (Å²) >= 11 is 0.965. The Morgan fingerprint density at radius 2 is 1.96 bits per heavy atom. The summed E-state index contributed by atoms with van der Waals surface area (Å²) in [6, 6.07) is 7.93. The Balaban J connectivity index is 1.62. The summed E-state index contributed by atoms with van der Waals surface area (Å²) in [5, 5.41) is 6.75. The minimum absolute atomic E-state index is 0.0337. The number of fused-ring (bicyclic) bond motifs is 1. The highest BCUT2D eigenvalue weighted by molar-refractivity contribution is 7.99. The number of amides is 1. The lowest BCUT2D eigenvalue weighted by Crippen LogP contribution is -2.37. The molecule has 0 saturated carbocycles. The third-order valence-corrected chi connectivity index (χ3v) is 4.90. The third kappa shape index (κ3) is 3.40. The van der Waals surface area contributed by atoms with Crippen molar-refractivity contribution in [1.29, 1.82) is 0 Å². The normalized spacial score (nSPS) is 14.6. The average Bonchev–Trinajstić information content (AvgIpc) is 2.93. The maximum Gasteiger partial charge on any atom is 0.451 e. The van der Waals surface area contributed by atoms with E-state index in [1.165, 1.54) is 12.6 Å². The van der Waals surface area contributed by atoms with E-state index in [9.17, 15) is 18.0 Å². The van der Waals surface area contributed by atoms with Gasteiger partial charge in [-0.25, -0.2) is 0 Å². The molecule has 5 nitrogen and oxygen atoms in total. The standard InChI is InChI=1S/C15H15F3N4OS/c1-21-13(15(16,17)18)19-20-14(21)24-9-12(23)22-7-6-10-4-2-3-5-11(10)8-22/h2-5H,6-9H2,1H3. The summed E-state index contributed by atoms with van der Waals surface area (Å²) in [4.78, 5) is 14.0. The van der Waals surface area contributed by atoms with E-state index in [0.29, 0.717) is 13.1 Å². The van der Waals surface area contributed by atoms with Crippen LogP contribution in [0.4, 0.5) is 13.2 Å². The molecule has 0 N–H and O–H groups in total. The van der Waals surface area contributed by atoms with Crippen LogP contribution in [-0.4, -0.2) is 37.9 Å². The van der Waals surface area contributed by atoms with E-state index in [1.54, 1.807) is 4.90 Å². The minimum atomic E-state index is -4.55. The summed E-state index contributed by atoms with van der Waals surface area (Å²) in [6.45, 7) is 1.14. The molecule has 24 heavy (non-hydrogen) atoms. The second-order valence-corrected chi connectivity index (χ2v) is 6.43. The molecular formula is C15H15F3N4OS. The SMILES string of the molecule is Cn1c(SCC(=O)N2CCc3ccccc3C2)nnc1C(F)(F)F. The maximum atomic E-state index is 12.7. The summed E-state index contributed by atoms with van der Waals surface area (Å²) in [6.07, 6.45) is -3.77. The number of rotatable bonds is 3. The number of benzene rings is 1. The number of hydrogen-bond acceptors (Lipinski definition) is 4. The third-order valence-electron chi connectivity index (χ3n) is 3.90. The highest BCUT2D eigenvalue weighted by Crippen LogP contribution is 2.29. The van der Waals surface area contributed by atoms with E-state index < -0.39 is 12.0 Å². The van der Waals surface area contributed by atoms with E-state index in [1.807, 2.05) is 24.3 Å². The predicted molar refractivity (Wildman–Crippen MR) is 82.3 cm³/mol. The van der Waals surface area contributed by atoms with E-state index in [2.05, 4.69) is 10.2 Å². The first kappa shape index (κ1) is 16.8. The molecule has 9 heteroatoms. The van der Waals surface area contributed by atoms with Gasteiger partial charge in [0, 0.05) is 20.1 Å². The lowest BCUT2D eigenvalue weighted by molar-refractivity contribution is -0.147. The Bertz CT molecular complexity index is 759. The van der Waals surface area contributed by atoms with Crippen LogP contribution in [0.3, 0.4) is 0 Å². The number of carbonyl (C=O) groups is 1. The number of hydrogen-bond donors (Lipinski definition) is 0. The first-order valence-electron chi connectivity index (χ1n) is 7.30. The zero-order valence-electron chi connectivity index (χ0n) is 12.9. The van der Waals surface area contributed by atoms with Gasteiger partial charge >= 0.3 is 6.18 Å². The second kappa shape index (κ2) is 6.46. The minimum Gasteiger partial charge on any atom is -0.337 e. The molecule has 0 atom stereocenters. The highest BCUT2D eigenvalue weighted by atomic mass is 32.2. The predicted octanol–water partition coefficient (Wildman–Crippen LogP) is 2.51. The summed E-state index contributed by atoms with van der Waals surface area (Å²) in [7, 11) is 1.24. The molecule has 1 aliphatic heterocycles. The molecule has 0 unspecified atom stereocenters. The first-order valence-corrected chi connectivity index (χ1v) is 8.29. The van der Waals surface area contributed by atoms with Gasteiger partial charge in [-0.1, -0.05) is 36.0 Å². The van der Waals surface area contributed by atoms with Crippen molar-refractivity contribution in [2.75, 3.05) is 12.3 Å². The van der Waals surface area contributed by atoms with E-state index in [0.717, 1.165) is 28.3 Å². The zero-order chi connectivity index (χ0) is 17.3. The van der Waals surface area contributed by atoms with Crippen molar-refractivity contribution in [3.05, 3.63) is 41.2 Å². The van der Waals surface area contributed by atoms with Crippen molar-refractivity contribution in [2.45, 2.75) is 24.3 Å². The Kier molecular flexibility index (Phi) is 4.53. The van der Waals surface area contributed by atoms with E-state index >= 15 is 0 Å². The van der Waals surface area contributed by atoms with E-state index in [4.69, 9.17) is 0 Å². The summed E-state index contributed by atoms with van der Waals surface area (Å²) < 4.78 is 38.9. The van der Waals surface area contributed by atoms with Gasteiger partial charge in [0.15, 0.2) is 5.16 Å². The van der Waals surface area contributed by atoms with Crippen LogP contribution >= 0.6 is 11.8 Å². The topological polar surface area (TPSA) is 51.0 Å². The Morgan fingerprint density at radius 1 is 1.25 bits per heavy atom. The molecule has 0 fully saturated rings. The van der Waals surface area contributed by atoms with Gasteiger partial charge in [0.1, 0.15) is 0 Å². The largest absolute Gasteiger partial charge is 0.451 e. The second-order valence-electron chi connectivity index (χ2n) is 5.49. The fourth-order valence-corrected chi connectivity index (χ4v) is 3.43. The van der Waals surface area contributed by atoms with Gasteiger partial charge in [0.05, 0.1) is 5.75 Å². The van der Waals surface area contributed by atoms with Crippen LogP contribution in [0.25, 0.3) is 0 Å². The smallest absolute Gasteiger partial charge is 0.337 e. The van der Waals surface area contributed by atoms with Crippen molar-refractivity contribution >= 4 is 17.7 Å². The number of nitrogens with zero attached hydrogens (tertiary/aromatic N) is 4. The molecular weight excluding hydrogens is 341 g/mol. The van der Waals surface area contributed by atoms with Gasteiger partial charge in [0.25, 0.3) is 0 Å². The monoisotopic (exact) mass is 356 g/mol. The molecule has 2 heterocycles. The molecule has 0 saturated heterocycles. The maximum absolute atomic E-state index is 12.7. The lowest BCUT2D eigenvalue weighted by Gasteiger charge is -2.28. The van der Waals surface area contributed by atoms with Gasteiger partial charge in [-0.2, -0.15) is 13.2 Å². The van der Waals surface area contributed by atoms with Crippen molar-refractivity contribution in [1.82, 2.24) is 19.7 Å². The number of halogens is 3. The summed E-state index contributed by atoms with van der Waals surface area (Å²) in [5.74, 6) is -1.15. The highest BCUT2D eigenvalue weighted by Gasteiger charge is 2.37. The van der Waals surface area contributed by atoms with Crippen LogP contribution < -0.4 is 0 Å². The van der Waals surface area contributed by atoms with Crippen LogP contribution in [0.5, 0.6) is 0 Å². The summed E-state index contributed by atoms with van der Waals surface area (Å²) in [5.41, 5.74) is 2.34. The van der Waals surface area contributed by atoms with Gasteiger partial charge < -0.3 is 9.47 Å². The molecule has 1 aliphatic rings. The molecule has 3 rings (SSSR count). The van der Waals surface area contributed by atoms with Crippen LogP contribution in [0, 0.1) is 0 Å². The number of alkyl halides is 3. The number of aromatic nitrogens is 3. The fraction of sp³-hybridized carbons (Fsp3) is 0.400. The molecule has 1 aromatic carbocycles. The molecule has 0 aliphatic carbocycles. The molecule has 2 aromatic rings. The van der Waals surface area contributed by atoms with Crippen molar-refractivity contribution < 1.29 is 18.0 Å². The van der Waals surface area contributed by atoms with Crippen LogP contribution in [0.1, 0.15) is 17.0 Å². The van der Waals surface area contributed by atoms with Crippen molar-refractivity contribution in [2.24, 2.45) is 7.05 Å². The Labute approximate surface area is 140 Å². The zero-order valence-corrected chi connectivity index (χ0v) is 13.7. The molecule has 0 radical (unpaired) electrons. The van der Waals surface area contributed by atoms with Crippen molar-refractivity contribution in [3.8, 4) is 0 Å². The van der Waals surface area contributed by atoms with E-state index in [-0.39, 0.29) is 16.8 Å². The number of thioether (sulfide) groups is 1.